The summed E-state index contributed by atoms with van der Waals surface area (Å²) in [6.45, 7) is 1.39. The normalized spacial score (nSPS) is 11.6. The molecule has 0 heterocycles. The van der Waals surface area contributed by atoms with Crippen molar-refractivity contribution in [2.75, 3.05) is 7.11 Å². The smallest absolute Gasteiger partial charge is 0.234 e. The third-order valence-corrected chi connectivity index (χ3v) is 0.634. The standard InChI is InChI=1S/C5H7NO2/c1-4(7)5(3-6)8-2/h7H,1-2H3. The second kappa shape index (κ2) is 2.92. The van der Waals surface area contributed by atoms with Crippen molar-refractivity contribution < 1.29 is 9.84 Å². The van der Waals surface area contributed by atoms with Gasteiger partial charge < -0.3 is 9.84 Å². The van der Waals surface area contributed by atoms with Crippen LogP contribution in [0.2, 0.25) is 0 Å². The van der Waals surface area contributed by atoms with Crippen LogP contribution < -0.4 is 0 Å². The van der Waals surface area contributed by atoms with Crippen molar-refractivity contribution >= 4 is 0 Å². The van der Waals surface area contributed by atoms with Crippen molar-refractivity contribution in [2.24, 2.45) is 0 Å². The molecule has 0 atom stereocenters. The van der Waals surface area contributed by atoms with E-state index in [1.54, 1.807) is 6.07 Å². The number of aliphatic hydroxyl groups is 1. The second-order valence-electron chi connectivity index (χ2n) is 1.23. The molecule has 44 valence electrons. The van der Waals surface area contributed by atoms with Crippen LogP contribution in [0, 0.1) is 11.3 Å². The summed E-state index contributed by atoms with van der Waals surface area (Å²) < 4.78 is 4.43. The van der Waals surface area contributed by atoms with E-state index < -0.39 is 0 Å². The molecule has 0 aliphatic heterocycles. The number of ether oxygens (including phenoxy) is 1. The van der Waals surface area contributed by atoms with Gasteiger partial charge in [-0.2, -0.15) is 5.26 Å². The molecule has 1 N–H and O–H groups in total. The molecule has 0 fully saturated rings. The quantitative estimate of drug-likeness (QED) is 0.406. The second-order valence-corrected chi connectivity index (χ2v) is 1.23. The summed E-state index contributed by atoms with van der Waals surface area (Å²) in [7, 11) is 1.33. The van der Waals surface area contributed by atoms with Gasteiger partial charge in [0, 0.05) is 0 Å². The van der Waals surface area contributed by atoms with Crippen LogP contribution in [0.1, 0.15) is 6.92 Å². The summed E-state index contributed by atoms with van der Waals surface area (Å²) in [6, 6.07) is 1.66. The van der Waals surface area contributed by atoms with E-state index in [1.165, 1.54) is 14.0 Å². The summed E-state index contributed by atoms with van der Waals surface area (Å²) in [5.74, 6) is -0.125. The molecule has 0 aromatic heterocycles. The number of allylic oxidation sites excluding steroid dienone is 2. The summed E-state index contributed by atoms with van der Waals surface area (Å²) in [4.78, 5) is 0. The lowest BCUT2D eigenvalue weighted by Crippen LogP contribution is -1.86. The number of nitrogens with zero attached hydrogens (tertiary/aromatic N) is 1. The van der Waals surface area contributed by atoms with Gasteiger partial charge in [-0.05, 0) is 6.92 Å². The topological polar surface area (TPSA) is 53.2 Å². The molecule has 0 saturated carbocycles. The van der Waals surface area contributed by atoms with Crippen LogP contribution in [0.15, 0.2) is 11.5 Å². The average Bonchev–Trinajstić information content (AvgIpc) is 1.69. The maximum Gasteiger partial charge on any atom is 0.234 e. The highest BCUT2D eigenvalue weighted by molar-refractivity contribution is 5.14. The summed E-state index contributed by atoms with van der Waals surface area (Å²) >= 11 is 0. The van der Waals surface area contributed by atoms with Crippen LogP contribution in [-0.4, -0.2) is 12.2 Å². The van der Waals surface area contributed by atoms with E-state index in [-0.39, 0.29) is 11.5 Å². The monoisotopic (exact) mass is 113 g/mol. The number of methoxy groups -OCH3 is 1. The molecule has 0 aromatic rings. The first kappa shape index (κ1) is 6.83. The lowest BCUT2D eigenvalue weighted by Gasteiger charge is -1.93. The zero-order valence-electron chi connectivity index (χ0n) is 4.80. The van der Waals surface area contributed by atoms with Gasteiger partial charge in [-0.1, -0.05) is 0 Å². The fraction of sp³-hybridized carbons (Fsp3) is 0.400. The Morgan fingerprint density at radius 1 is 1.75 bits per heavy atom. The lowest BCUT2D eigenvalue weighted by atomic mass is 10.5. The molecule has 0 rings (SSSR count). The Bertz CT molecular complexity index is 139. The van der Waals surface area contributed by atoms with Crippen molar-refractivity contribution in [1.82, 2.24) is 0 Å². The largest absolute Gasteiger partial charge is 0.508 e. The van der Waals surface area contributed by atoms with Crippen LogP contribution in [-0.2, 0) is 4.74 Å². The van der Waals surface area contributed by atoms with Gasteiger partial charge in [-0.15, -0.1) is 0 Å². The van der Waals surface area contributed by atoms with Gasteiger partial charge in [0.1, 0.15) is 11.8 Å². The molecule has 0 saturated heterocycles. The SMILES string of the molecule is COC(C#N)=C(C)O. The van der Waals surface area contributed by atoms with E-state index >= 15 is 0 Å². The van der Waals surface area contributed by atoms with E-state index in [2.05, 4.69) is 4.74 Å². The van der Waals surface area contributed by atoms with Crippen LogP contribution in [0.3, 0.4) is 0 Å². The molecule has 8 heavy (non-hydrogen) atoms. The van der Waals surface area contributed by atoms with Crippen LogP contribution >= 0.6 is 0 Å². The Morgan fingerprint density at radius 2 is 2.25 bits per heavy atom. The van der Waals surface area contributed by atoms with Gasteiger partial charge >= 0.3 is 0 Å². The highest BCUT2D eigenvalue weighted by Crippen LogP contribution is 1.97. The van der Waals surface area contributed by atoms with Crippen molar-refractivity contribution in [3.05, 3.63) is 11.5 Å². The molecule has 3 nitrogen and oxygen atoms in total. The molecule has 0 aromatic carbocycles. The van der Waals surface area contributed by atoms with Gasteiger partial charge in [0.05, 0.1) is 7.11 Å². The van der Waals surface area contributed by atoms with Crippen molar-refractivity contribution in [1.29, 1.82) is 5.26 Å². The number of hydrogen-bond donors (Lipinski definition) is 1. The predicted molar refractivity (Wildman–Crippen MR) is 28.0 cm³/mol. The molecule has 0 aliphatic carbocycles. The number of hydrogen-bond acceptors (Lipinski definition) is 3. The third kappa shape index (κ3) is 1.52. The van der Waals surface area contributed by atoms with Crippen LogP contribution in [0.5, 0.6) is 0 Å². The fourth-order valence-corrected chi connectivity index (χ4v) is 0.274. The molecule has 0 amide bonds. The third-order valence-electron chi connectivity index (χ3n) is 0.634. The van der Waals surface area contributed by atoms with Gasteiger partial charge in [0.25, 0.3) is 0 Å². The van der Waals surface area contributed by atoms with E-state index in [9.17, 15) is 0 Å². The maximum atomic E-state index is 8.54. The first-order valence-electron chi connectivity index (χ1n) is 2.06. The summed E-state index contributed by atoms with van der Waals surface area (Å²) in [6.07, 6.45) is 0. The van der Waals surface area contributed by atoms with Crippen LogP contribution in [0.25, 0.3) is 0 Å². The molecule has 0 spiro atoms. The highest BCUT2D eigenvalue weighted by Gasteiger charge is 1.95. The van der Waals surface area contributed by atoms with Gasteiger partial charge in [-0.3, -0.25) is 0 Å². The Labute approximate surface area is 47.8 Å². The number of nitriles is 1. The number of aliphatic hydroxyl groups excluding tert-OH is 1. The number of rotatable bonds is 1. The Hall–Kier alpha value is -1.17. The van der Waals surface area contributed by atoms with E-state index in [0.717, 1.165) is 0 Å². The molecule has 0 bridgehead atoms. The highest BCUT2D eigenvalue weighted by atomic mass is 16.5. The van der Waals surface area contributed by atoms with Crippen LogP contribution in [0.4, 0.5) is 0 Å². The first-order valence-corrected chi connectivity index (χ1v) is 2.06. The minimum absolute atomic E-state index is 0.0370. The molecule has 0 radical (unpaired) electrons. The fourth-order valence-electron chi connectivity index (χ4n) is 0.274. The van der Waals surface area contributed by atoms with E-state index in [1.807, 2.05) is 0 Å². The molecular weight excluding hydrogens is 106 g/mol. The van der Waals surface area contributed by atoms with Gasteiger partial charge in [0.2, 0.25) is 5.76 Å². The van der Waals surface area contributed by atoms with Crippen molar-refractivity contribution in [3.63, 3.8) is 0 Å². The molecule has 0 aliphatic rings. The van der Waals surface area contributed by atoms with Gasteiger partial charge in [-0.25, -0.2) is 0 Å². The predicted octanol–water partition coefficient (Wildman–Crippen LogP) is 0.946. The Morgan fingerprint density at radius 3 is 2.25 bits per heavy atom. The minimum Gasteiger partial charge on any atom is -0.508 e. The maximum absolute atomic E-state index is 8.54. The summed E-state index contributed by atoms with van der Waals surface area (Å²) in [5.41, 5.74) is 0. The Balaban J connectivity index is 4.15. The Kier molecular flexibility index (Phi) is 2.49. The van der Waals surface area contributed by atoms with Crippen molar-refractivity contribution in [3.8, 4) is 6.07 Å². The lowest BCUT2D eigenvalue weighted by molar-refractivity contribution is 0.272. The van der Waals surface area contributed by atoms with E-state index in [0.29, 0.717) is 0 Å². The van der Waals surface area contributed by atoms with Gasteiger partial charge in [0.15, 0.2) is 0 Å². The zero-order valence-corrected chi connectivity index (χ0v) is 4.80. The van der Waals surface area contributed by atoms with Crippen molar-refractivity contribution in [2.45, 2.75) is 6.92 Å². The summed E-state index contributed by atoms with van der Waals surface area (Å²) in [5, 5.41) is 16.6. The minimum atomic E-state index is -0.0880. The van der Waals surface area contributed by atoms with E-state index in [4.69, 9.17) is 10.4 Å². The average molecular weight is 113 g/mol. The zero-order chi connectivity index (χ0) is 6.57. The molecular formula is C5H7NO2. The molecule has 3 heteroatoms. The molecule has 0 unspecified atom stereocenters. The first-order chi connectivity index (χ1) is 3.72.